The van der Waals surface area contributed by atoms with Gasteiger partial charge in [0.25, 0.3) is 0 Å². The van der Waals surface area contributed by atoms with E-state index in [0.29, 0.717) is 4.61 Å². The van der Waals surface area contributed by atoms with E-state index < -0.39 is 0 Å². The van der Waals surface area contributed by atoms with E-state index >= 15 is 0 Å². The number of hydrogen-bond donors (Lipinski definition) is 0. The normalized spacial score (nSPS) is 9.27. The molecule has 0 aliphatic rings. The van der Waals surface area contributed by atoms with Gasteiger partial charge in [0.2, 0.25) is 0 Å². The number of rotatable bonds is 3. The highest BCUT2D eigenvalue weighted by Crippen LogP contribution is 2.20. The van der Waals surface area contributed by atoms with E-state index in [1.807, 2.05) is 47.3 Å². The van der Waals surface area contributed by atoms with Crippen molar-refractivity contribution in [3.63, 3.8) is 0 Å². The maximum atomic E-state index is 5.25. The lowest BCUT2D eigenvalue weighted by Crippen LogP contribution is -1.87. The molecule has 0 saturated carbocycles. The Labute approximate surface area is 93.1 Å². The number of hydrogen-bond acceptors (Lipinski definition) is 2. The average Bonchev–Trinajstić information content (AvgIpc) is 2.06. The van der Waals surface area contributed by atoms with Crippen molar-refractivity contribution in [2.45, 2.75) is 0 Å². The van der Waals surface area contributed by atoms with E-state index in [9.17, 15) is 0 Å². The molecular formula is C7H6I2O2. The van der Waals surface area contributed by atoms with E-state index in [4.69, 9.17) is 7.80 Å². The van der Waals surface area contributed by atoms with Gasteiger partial charge in [0.15, 0.2) is 23.0 Å². The van der Waals surface area contributed by atoms with Gasteiger partial charge in [-0.25, -0.2) is 0 Å². The molecule has 1 aromatic rings. The van der Waals surface area contributed by atoms with Crippen molar-refractivity contribution in [2.75, 3.05) is 4.61 Å². The fraction of sp³-hybridized carbons (Fsp3) is 0.143. The van der Waals surface area contributed by atoms with Crippen LogP contribution in [0.4, 0.5) is 0 Å². The highest BCUT2D eigenvalue weighted by molar-refractivity contribution is 14.1. The summed E-state index contributed by atoms with van der Waals surface area (Å²) in [6, 6.07) is 7.53. The second-order valence-corrected chi connectivity index (χ2v) is 2.87. The number of alkyl halides is 1. The van der Waals surface area contributed by atoms with Crippen molar-refractivity contribution >= 4 is 45.6 Å². The lowest BCUT2D eigenvalue weighted by molar-refractivity contribution is 0.403. The quantitative estimate of drug-likeness (QED) is 0.596. The van der Waals surface area contributed by atoms with Gasteiger partial charge in [-0.1, -0.05) is 6.07 Å². The summed E-state index contributed by atoms with van der Waals surface area (Å²) in [5.41, 5.74) is 0. The average molecular weight is 376 g/mol. The largest absolute Gasteiger partial charge is 0.483 e. The Morgan fingerprint density at radius 2 is 2.00 bits per heavy atom. The third-order valence-electron chi connectivity index (χ3n) is 1.12. The van der Waals surface area contributed by atoms with Crippen molar-refractivity contribution in [2.24, 2.45) is 0 Å². The van der Waals surface area contributed by atoms with Crippen LogP contribution in [0.15, 0.2) is 24.3 Å². The molecule has 0 saturated heterocycles. The Hall–Kier alpha value is 0.280. The number of halogens is 2. The first-order chi connectivity index (χ1) is 5.36. The third-order valence-corrected chi connectivity index (χ3v) is 1.94. The van der Waals surface area contributed by atoms with Gasteiger partial charge in [-0.2, -0.15) is 0 Å². The van der Waals surface area contributed by atoms with Gasteiger partial charge < -0.3 is 7.80 Å². The molecular weight excluding hydrogens is 370 g/mol. The van der Waals surface area contributed by atoms with E-state index in [-0.39, 0.29) is 0 Å². The summed E-state index contributed by atoms with van der Waals surface area (Å²) in [5.74, 6) is 1.65. The Balaban J connectivity index is 2.74. The lowest BCUT2D eigenvalue weighted by atomic mass is 10.3. The summed E-state index contributed by atoms with van der Waals surface area (Å²) >= 11 is 3.99. The highest BCUT2D eigenvalue weighted by atomic mass is 127. The summed E-state index contributed by atoms with van der Waals surface area (Å²) in [6.45, 7) is 0. The van der Waals surface area contributed by atoms with Crippen LogP contribution in [0.5, 0.6) is 11.5 Å². The molecule has 0 aromatic heterocycles. The Kier molecular flexibility index (Phi) is 4.28. The smallest absolute Gasteiger partial charge is 0.192 e. The van der Waals surface area contributed by atoms with E-state index in [2.05, 4.69) is 22.6 Å². The predicted molar refractivity (Wildman–Crippen MR) is 60.6 cm³/mol. The molecule has 0 fully saturated rings. The van der Waals surface area contributed by atoms with Crippen molar-refractivity contribution in [3.8, 4) is 11.5 Å². The van der Waals surface area contributed by atoms with Gasteiger partial charge in [0.05, 0.1) is 0 Å². The summed E-state index contributed by atoms with van der Waals surface area (Å²) in [7, 11) is 0. The monoisotopic (exact) mass is 376 g/mol. The first kappa shape index (κ1) is 9.37. The van der Waals surface area contributed by atoms with Crippen LogP contribution in [0.25, 0.3) is 0 Å². The molecule has 0 aliphatic carbocycles. The first-order valence-corrected chi connectivity index (χ1v) is 5.35. The summed E-state index contributed by atoms with van der Waals surface area (Å²) in [4.78, 5) is 0. The van der Waals surface area contributed by atoms with Crippen LogP contribution in [0.3, 0.4) is 0 Å². The Morgan fingerprint density at radius 1 is 1.27 bits per heavy atom. The van der Waals surface area contributed by atoms with Crippen molar-refractivity contribution in [3.05, 3.63) is 24.3 Å². The Bertz CT molecular complexity index is 227. The van der Waals surface area contributed by atoms with E-state index in [1.165, 1.54) is 0 Å². The second-order valence-electron chi connectivity index (χ2n) is 1.81. The van der Waals surface area contributed by atoms with Crippen LogP contribution >= 0.6 is 45.6 Å². The fourth-order valence-corrected chi connectivity index (χ4v) is 1.31. The minimum absolute atomic E-state index is 0.655. The molecule has 1 aromatic carbocycles. The molecule has 0 amide bonds. The zero-order valence-electron chi connectivity index (χ0n) is 5.59. The van der Waals surface area contributed by atoms with Crippen molar-refractivity contribution in [1.82, 2.24) is 0 Å². The van der Waals surface area contributed by atoms with E-state index in [1.54, 1.807) is 0 Å². The van der Waals surface area contributed by atoms with E-state index in [0.717, 1.165) is 11.5 Å². The molecule has 0 aliphatic heterocycles. The molecule has 1 rings (SSSR count). The number of ether oxygens (including phenoxy) is 1. The van der Waals surface area contributed by atoms with Gasteiger partial charge >= 0.3 is 0 Å². The lowest BCUT2D eigenvalue weighted by Gasteiger charge is -2.02. The molecule has 4 heteroatoms. The fourth-order valence-electron chi connectivity index (χ4n) is 0.675. The van der Waals surface area contributed by atoms with Crippen molar-refractivity contribution in [1.29, 1.82) is 0 Å². The standard InChI is InChI=1S/C7H6I2O2/c8-5-10-6-2-1-3-7(4-6)11-9/h1-4H,5H2. The van der Waals surface area contributed by atoms with Gasteiger partial charge in [-0.3, -0.25) is 0 Å². The third kappa shape index (κ3) is 3.02. The maximum Gasteiger partial charge on any atom is 0.192 e. The highest BCUT2D eigenvalue weighted by Gasteiger charge is 1.94. The molecule has 11 heavy (non-hydrogen) atoms. The zero-order valence-corrected chi connectivity index (χ0v) is 9.90. The molecule has 0 unspecified atom stereocenters. The topological polar surface area (TPSA) is 18.5 Å². The molecule has 0 spiro atoms. The number of benzene rings is 1. The SMILES string of the molecule is ICOc1cccc(OI)c1. The zero-order chi connectivity index (χ0) is 8.10. The molecule has 0 heterocycles. The van der Waals surface area contributed by atoms with Crippen LogP contribution in [0.2, 0.25) is 0 Å². The predicted octanol–water partition coefficient (Wildman–Crippen LogP) is 3.19. The van der Waals surface area contributed by atoms with Crippen LogP contribution < -0.4 is 7.80 Å². The molecule has 2 nitrogen and oxygen atoms in total. The van der Waals surface area contributed by atoms with Crippen LogP contribution in [-0.4, -0.2) is 4.61 Å². The minimum atomic E-state index is 0.655. The minimum Gasteiger partial charge on any atom is -0.483 e. The first-order valence-electron chi connectivity index (χ1n) is 2.94. The Morgan fingerprint density at radius 3 is 2.64 bits per heavy atom. The van der Waals surface area contributed by atoms with Crippen LogP contribution in [0.1, 0.15) is 0 Å². The summed E-state index contributed by atoms with van der Waals surface area (Å²) in [6.07, 6.45) is 0. The van der Waals surface area contributed by atoms with Gasteiger partial charge in [0.1, 0.15) is 16.1 Å². The molecule has 0 bridgehead atoms. The van der Waals surface area contributed by atoms with Gasteiger partial charge in [-0.15, -0.1) is 0 Å². The summed E-state index contributed by atoms with van der Waals surface area (Å²) < 4.78 is 10.9. The second kappa shape index (κ2) is 5.02. The van der Waals surface area contributed by atoms with Gasteiger partial charge in [0, 0.05) is 6.07 Å². The van der Waals surface area contributed by atoms with Gasteiger partial charge in [-0.05, 0) is 34.7 Å². The summed E-state index contributed by atoms with van der Waals surface area (Å²) in [5, 5.41) is 0. The van der Waals surface area contributed by atoms with Crippen LogP contribution in [0, 0.1) is 0 Å². The van der Waals surface area contributed by atoms with Crippen LogP contribution in [-0.2, 0) is 0 Å². The molecule has 60 valence electrons. The molecule has 0 atom stereocenters. The van der Waals surface area contributed by atoms with Crippen molar-refractivity contribution < 1.29 is 7.80 Å². The molecule has 0 N–H and O–H groups in total. The maximum absolute atomic E-state index is 5.25. The molecule has 0 radical (unpaired) electrons.